The fourth-order valence-corrected chi connectivity index (χ4v) is 2.66. The number of aromatic amines is 1. The molecule has 0 saturated carbocycles. The number of benzene rings is 1. The molecule has 0 fully saturated rings. The van der Waals surface area contributed by atoms with E-state index in [1.54, 1.807) is 16.9 Å². The Kier molecular flexibility index (Phi) is 2.95. The van der Waals surface area contributed by atoms with E-state index in [-0.39, 0.29) is 10.7 Å². The minimum absolute atomic E-state index is 0.233. The van der Waals surface area contributed by atoms with Crippen LogP contribution in [0.5, 0.6) is 0 Å². The monoisotopic (exact) mass is 337 g/mol. The molecule has 0 unspecified atom stereocenters. The zero-order chi connectivity index (χ0) is 13.6. The Morgan fingerprint density at radius 1 is 1.37 bits per heavy atom. The van der Waals surface area contributed by atoms with Crippen LogP contribution in [0.1, 0.15) is 5.56 Å². The second-order valence-corrected chi connectivity index (χ2v) is 5.57. The molecule has 0 spiro atoms. The smallest absolute Gasteiger partial charge is 0.260 e. The van der Waals surface area contributed by atoms with E-state index in [0.29, 0.717) is 10.9 Å². The number of nitrogens with zero attached hydrogens (tertiary/aromatic N) is 2. The first-order valence-electron chi connectivity index (χ1n) is 5.59. The summed E-state index contributed by atoms with van der Waals surface area (Å²) in [6.45, 7) is 1.99. The molecule has 0 aliphatic carbocycles. The first kappa shape index (κ1) is 12.4. The van der Waals surface area contributed by atoms with E-state index in [1.165, 1.54) is 0 Å². The maximum absolute atomic E-state index is 11.8. The number of hydrogen-bond donors (Lipinski definition) is 1. The summed E-state index contributed by atoms with van der Waals surface area (Å²) in [5.41, 5.74) is 2.33. The van der Waals surface area contributed by atoms with Crippen molar-refractivity contribution in [1.29, 1.82) is 0 Å². The fourth-order valence-electron chi connectivity index (χ4n) is 2.00. The van der Waals surface area contributed by atoms with Crippen LogP contribution in [0.2, 0.25) is 5.15 Å². The molecule has 1 N–H and O–H groups in total. The largest absolute Gasteiger partial charge is 0.312 e. The van der Waals surface area contributed by atoms with Crippen LogP contribution in [-0.4, -0.2) is 14.8 Å². The lowest BCUT2D eigenvalue weighted by molar-refractivity contribution is 0.887. The maximum Gasteiger partial charge on any atom is 0.260 e. The highest BCUT2D eigenvalue weighted by Gasteiger charge is 2.09. The van der Waals surface area contributed by atoms with Gasteiger partial charge in [0.2, 0.25) is 0 Å². The summed E-state index contributed by atoms with van der Waals surface area (Å²) < 4.78 is 2.70. The molecule has 6 heteroatoms. The first-order valence-corrected chi connectivity index (χ1v) is 6.76. The van der Waals surface area contributed by atoms with E-state index in [1.807, 2.05) is 25.1 Å². The van der Waals surface area contributed by atoms with Crippen molar-refractivity contribution in [3.8, 4) is 5.69 Å². The molecule has 2 aromatic heterocycles. The minimum atomic E-state index is -0.233. The van der Waals surface area contributed by atoms with Crippen molar-refractivity contribution in [3.05, 3.63) is 56.0 Å². The Morgan fingerprint density at radius 3 is 2.89 bits per heavy atom. The van der Waals surface area contributed by atoms with Crippen molar-refractivity contribution in [2.24, 2.45) is 0 Å². The molecule has 19 heavy (non-hydrogen) atoms. The van der Waals surface area contributed by atoms with Crippen LogP contribution < -0.4 is 5.56 Å². The van der Waals surface area contributed by atoms with Crippen molar-refractivity contribution in [2.45, 2.75) is 6.92 Å². The molecule has 0 saturated heterocycles. The Hall–Kier alpha value is -1.59. The third kappa shape index (κ3) is 2.19. The predicted octanol–water partition coefficient (Wildman–Crippen LogP) is 3.44. The number of halogens is 2. The lowest BCUT2D eigenvalue weighted by Gasteiger charge is -2.05. The SMILES string of the molecule is Cc1cc(Br)ccc1-n1cc2c(=O)[nH]c(Cl)cc2n1. The summed E-state index contributed by atoms with van der Waals surface area (Å²) in [7, 11) is 0. The van der Waals surface area contributed by atoms with Gasteiger partial charge in [0.25, 0.3) is 5.56 Å². The lowest BCUT2D eigenvalue weighted by atomic mass is 10.2. The number of aromatic nitrogens is 3. The summed E-state index contributed by atoms with van der Waals surface area (Å²) in [4.78, 5) is 14.3. The van der Waals surface area contributed by atoms with Crippen molar-refractivity contribution in [1.82, 2.24) is 14.8 Å². The summed E-state index contributed by atoms with van der Waals surface area (Å²) >= 11 is 9.24. The fraction of sp³-hybridized carbons (Fsp3) is 0.0769. The van der Waals surface area contributed by atoms with Crippen LogP contribution in [0.25, 0.3) is 16.6 Å². The molecule has 3 aromatic rings. The Morgan fingerprint density at radius 2 is 2.16 bits per heavy atom. The van der Waals surface area contributed by atoms with Gasteiger partial charge in [-0.05, 0) is 30.7 Å². The molecule has 0 radical (unpaired) electrons. The number of fused-ring (bicyclic) bond motifs is 1. The first-order chi connectivity index (χ1) is 9.04. The van der Waals surface area contributed by atoms with Gasteiger partial charge in [0, 0.05) is 16.7 Å². The third-order valence-corrected chi connectivity index (χ3v) is 3.59. The normalized spacial score (nSPS) is 11.1. The van der Waals surface area contributed by atoms with Crippen LogP contribution in [0.15, 0.2) is 39.7 Å². The molecule has 0 aliphatic heterocycles. The molecule has 3 rings (SSSR count). The molecule has 4 nitrogen and oxygen atoms in total. The Labute approximate surface area is 122 Å². The van der Waals surface area contributed by atoms with E-state index in [4.69, 9.17) is 11.6 Å². The van der Waals surface area contributed by atoms with Crippen LogP contribution >= 0.6 is 27.5 Å². The number of hydrogen-bond acceptors (Lipinski definition) is 2. The zero-order valence-corrected chi connectivity index (χ0v) is 12.3. The van der Waals surface area contributed by atoms with Gasteiger partial charge in [-0.1, -0.05) is 27.5 Å². The van der Waals surface area contributed by atoms with Crippen molar-refractivity contribution >= 4 is 38.4 Å². The lowest BCUT2D eigenvalue weighted by Crippen LogP contribution is -2.04. The molecule has 1 aromatic carbocycles. The highest BCUT2D eigenvalue weighted by molar-refractivity contribution is 9.10. The van der Waals surface area contributed by atoms with Gasteiger partial charge in [0.05, 0.1) is 11.1 Å². The van der Waals surface area contributed by atoms with E-state index in [9.17, 15) is 4.79 Å². The van der Waals surface area contributed by atoms with Gasteiger partial charge in [-0.25, -0.2) is 4.68 Å². The molecule has 2 heterocycles. The second-order valence-electron chi connectivity index (χ2n) is 4.25. The number of nitrogens with one attached hydrogen (secondary N) is 1. The van der Waals surface area contributed by atoms with Gasteiger partial charge in [-0.15, -0.1) is 0 Å². The zero-order valence-electron chi connectivity index (χ0n) is 9.95. The van der Waals surface area contributed by atoms with Crippen LogP contribution in [-0.2, 0) is 0 Å². The summed E-state index contributed by atoms with van der Waals surface area (Å²) in [5, 5.41) is 5.20. The predicted molar refractivity (Wildman–Crippen MR) is 79.1 cm³/mol. The van der Waals surface area contributed by atoms with Crippen LogP contribution in [0, 0.1) is 6.92 Å². The van der Waals surface area contributed by atoms with Gasteiger partial charge >= 0.3 is 0 Å². The number of H-pyrrole nitrogens is 1. The van der Waals surface area contributed by atoms with Crippen molar-refractivity contribution in [3.63, 3.8) is 0 Å². The van der Waals surface area contributed by atoms with E-state index in [0.717, 1.165) is 15.7 Å². The van der Waals surface area contributed by atoms with E-state index >= 15 is 0 Å². The minimum Gasteiger partial charge on any atom is -0.312 e. The average Bonchev–Trinajstić information content (AvgIpc) is 2.72. The molecule has 0 aliphatic rings. The molecular weight excluding hydrogens is 330 g/mol. The highest BCUT2D eigenvalue weighted by Crippen LogP contribution is 2.21. The molecular formula is C13H9BrClN3O. The van der Waals surface area contributed by atoms with Crippen molar-refractivity contribution in [2.75, 3.05) is 0 Å². The Balaban J connectivity index is 2.26. The van der Waals surface area contributed by atoms with Crippen LogP contribution in [0.3, 0.4) is 0 Å². The quantitative estimate of drug-likeness (QED) is 0.691. The number of aryl methyl sites for hydroxylation is 1. The average molecular weight is 339 g/mol. The van der Waals surface area contributed by atoms with E-state index < -0.39 is 0 Å². The number of pyridine rings is 1. The van der Waals surface area contributed by atoms with Gasteiger partial charge < -0.3 is 4.98 Å². The third-order valence-electron chi connectivity index (χ3n) is 2.89. The summed E-state index contributed by atoms with van der Waals surface area (Å²) in [5.74, 6) is 0. The topological polar surface area (TPSA) is 50.7 Å². The van der Waals surface area contributed by atoms with Gasteiger partial charge in [-0.3, -0.25) is 4.79 Å². The molecule has 96 valence electrons. The summed E-state index contributed by atoms with van der Waals surface area (Å²) in [6, 6.07) is 7.52. The Bertz CT molecular complexity index is 838. The number of rotatable bonds is 1. The molecule has 0 amide bonds. The van der Waals surface area contributed by atoms with Gasteiger partial charge in [-0.2, -0.15) is 5.10 Å². The second kappa shape index (κ2) is 4.51. The van der Waals surface area contributed by atoms with E-state index in [2.05, 4.69) is 26.0 Å². The molecule has 0 bridgehead atoms. The van der Waals surface area contributed by atoms with Crippen LogP contribution in [0.4, 0.5) is 0 Å². The molecule has 0 atom stereocenters. The standard InChI is InChI=1S/C13H9BrClN3O/c1-7-4-8(14)2-3-11(7)18-6-9-10(17-18)5-12(15)16-13(9)19/h2-6H,1H3,(H,16,19). The highest BCUT2D eigenvalue weighted by atomic mass is 79.9. The maximum atomic E-state index is 11.8. The summed E-state index contributed by atoms with van der Waals surface area (Å²) in [6.07, 6.45) is 1.71. The van der Waals surface area contributed by atoms with Gasteiger partial charge in [0.15, 0.2) is 0 Å². The van der Waals surface area contributed by atoms with Gasteiger partial charge in [0.1, 0.15) is 10.7 Å². The van der Waals surface area contributed by atoms with Crippen molar-refractivity contribution < 1.29 is 0 Å².